The third-order valence-corrected chi connectivity index (χ3v) is 4.89. The van der Waals surface area contributed by atoms with Gasteiger partial charge in [0.05, 0.1) is 19.9 Å². The number of aromatic carboxylic acids is 1. The van der Waals surface area contributed by atoms with Crippen molar-refractivity contribution in [3.05, 3.63) is 76.3 Å². The quantitative estimate of drug-likeness (QED) is 0.458. The van der Waals surface area contributed by atoms with E-state index < -0.39 is 5.97 Å². The number of rotatable bonds is 9. The van der Waals surface area contributed by atoms with Gasteiger partial charge in [-0.05, 0) is 35.4 Å². The highest BCUT2D eigenvalue weighted by molar-refractivity contribution is 6.36. The Morgan fingerprint density at radius 2 is 1.39 bits per heavy atom. The minimum Gasteiger partial charge on any atom is -0.497 e. The maximum Gasteiger partial charge on any atom is 0.339 e. The number of nitrogens with two attached hydrogens (primary N) is 1. The third kappa shape index (κ3) is 5.32. The summed E-state index contributed by atoms with van der Waals surface area (Å²) in [5.41, 5.74) is 7.37. The highest BCUT2D eigenvalue weighted by Crippen LogP contribution is 2.42. The summed E-state index contributed by atoms with van der Waals surface area (Å²) in [6.07, 6.45) is 0. The average molecular weight is 444 g/mol. The summed E-state index contributed by atoms with van der Waals surface area (Å²) in [7, 11) is 3.17. The van der Waals surface area contributed by atoms with E-state index in [0.717, 1.165) is 16.9 Å². The van der Waals surface area contributed by atoms with Gasteiger partial charge in [0.15, 0.2) is 11.5 Å². The fraction of sp³-hybridized carbons (Fsp3) is 0.174. The number of methoxy groups -OCH3 is 2. The van der Waals surface area contributed by atoms with Gasteiger partial charge in [0.2, 0.25) is 0 Å². The number of hydrogen-bond donors (Lipinski definition) is 2. The van der Waals surface area contributed by atoms with E-state index in [9.17, 15) is 9.90 Å². The first-order valence-corrected chi connectivity index (χ1v) is 9.67. The van der Waals surface area contributed by atoms with Crippen LogP contribution in [0.3, 0.4) is 0 Å². The smallest absolute Gasteiger partial charge is 0.339 e. The van der Waals surface area contributed by atoms with Crippen molar-refractivity contribution in [3.8, 4) is 23.0 Å². The predicted molar refractivity (Wildman–Crippen MR) is 117 cm³/mol. The number of carboxylic acids is 1. The maximum atomic E-state index is 11.6. The molecule has 0 aliphatic heterocycles. The summed E-state index contributed by atoms with van der Waals surface area (Å²) in [6.45, 7) is 0.344. The van der Waals surface area contributed by atoms with Gasteiger partial charge in [-0.2, -0.15) is 0 Å². The lowest BCUT2D eigenvalue weighted by Gasteiger charge is -2.17. The molecule has 3 N–H and O–H groups in total. The number of carbonyl (C=O) groups is 1. The van der Waals surface area contributed by atoms with Gasteiger partial charge in [-0.15, -0.1) is 0 Å². The highest BCUT2D eigenvalue weighted by atomic mass is 35.5. The van der Waals surface area contributed by atoms with E-state index in [1.54, 1.807) is 26.4 Å². The van der Waals surface area contributed by atoms with Crippen molar-refractivity contribution >= 4 is 23.3 Å². The zero-order valence-electron chi connectivity index (χ0n) is 17.1. The fourth-order valence-electron chi connectivity index (χ4n) is 2.85. The van der Waals surface area contributed by atoms with Crippen LogP contribution < -0.4 is 24.7 Å². The van der Waals surface area contributed by atoms with Crippen LogP contribution in [0.2, 0.25) is 5.02 Å². The van der Waals surface area contributed by atoms with Gasteiger partial charge in [0.25, 0.3) is 0 Å². The van der Waals surface area contributed by atoms with Crippen LogP contribution in [0.5, 0.6) is 23.0 Å². The van der Waals surface area contributed by atoms with Gasteiger partial charge in [-0.1, -0.05) is 35.9 Å². The van der Waals surface area contributed by atoms with Crippen LogP contribution in [0.15, 0.2) is 54.6 Å². The van der Waals surface area contributed by atoms with Crippen molar-refractivity contribution in [2.45, 2.75) is 13.2 Å². The predicted octanol–water partition coefficient (Wildman–Crippen LogP) is 4.80. The van der Waals surface area contributed by atoms with Gasteiger partial charge in [0, 0.05) is 6.07 Å². The van der Waals surface area contributed by atoms with Crippen molar-refractivity contribution in [2.24, 2.45) is 0 Å². The van der Waals surface area contributed by atoms with Crippen molar-refractivity contribution in [1.82, 2.24) is 0 Å². The Morgan fingerprint density at radius 3 is 1.84 bits per heavy atom. The normalized spacial score (nSPS) is 10.4. The Hall–Kier alpha value is -3.58. The number of anilines is 1. The van der Waals surface area contributed by atoms with E-state index in [2.05, 4.69) is 0 Å². The van der Waals surface area contributed by atoms with Crippen LogP contribution in [-0.4, -0.2) is 25.3 Å². The minimum atomic E-state index is -1.25. The summed E-state index contributed by atoms with van der Waals surface area (Å²) in [5, 5.41) is 9.36. The van der Waals surface area contributed by atoms with Crippen LogP contribution in [0.1, 0.15) is 21.5 Å². The minimum absolute atomic E-state index is 0.0148. The van der Waals surface area contributed by atoms with Crippen molar-refractivity contribution in [1.29, 1.82) is 0 Å². The van der Waals surface area contributed by atoms with Crippen LogP contribution in [0.4, 0.5) is 5.69 Å². The Balaban J connectivity index is 1.86. The van der Waals surface area contributed by atoms with Gasteiger partial charge >= 0.3 is 5.97 Å². The molecule has 8 heteroatoms. The van der Waals surface area contributed by atoms with E-state index >= 15 is 0 Å². The summed E-state index contributed by atoms with van der Waals surface area (Å²) in [5.74, 6) is 0.546. The molecule has 31 heavy (non-hydrogen) atoms. The van der Waals surface area contributed by atoms with Crippen LogP contribution in [-0.2, 0) is 13.2 Å². The number of benzene rings is 3. The molecule has 162 valence electrons. The van der Waals surface area contributed by atoms with E-state index in [-0.39, 0.29) is 41.0 Å². The molecule has 0 atom stereocenters. The van der Waals surface area contributed by atoms with Crippen molar-refractivity contribution in [3.63, 3.8) is 0 Å². The second-order valence-corrected chi connectivity index (χ2v) is 6.94. The van der Waals surface area contributed by atoms with E-state index in [4.69, 9.17) is 36.3 Å². The van der Waals surface area contributed by atoms with Gasteiger partial charge in [-0.3, -0.25) is 0 Å². The zero-order chi connectivity index (χ0) is 22.4. The first-order chi connectivity index (χ1) is 14.9. The average Bonchev–Trinajstić information content (AvgIpc) is 2.77. The number of halogens is 1. The monoisotopic (exact) mass is 443 g/mol. The van der Waals surface area contributed by atoms with Gasteiger partial charge in [-0.25, -0.2) is 4.79 Å². The SMILES string of the molecule is COc1ccc(COc2cc(N)c(C(=O)O)c(Cl)c2OCc2ccc(OC)cc2)cc1. The molecular formula is C23H22ClNO6. The number of ether oxygens (including phenoxy) is 4. The molecule has 3 rings (SSSR count). The van der Waals surface area contributed by atoms with Crippen molar-refractivity contribution in [2.75, 3.05) is 20.0 Å². The Bertz CT molecular complexity index is 1050. The Labute approximate surface area is 184 Å². The van der Waals surface area contributed by atoms with E-state index in [0.29, 0.717) is 5.75 Å². The van der Waals surface area contributed by atoms with Crippen LogP contribution in [0, 0.1) is 0 Å². The van der Waals surface area contributed by atoms with Crippen LogP contribution >= 0.6 is 11.6 Å². The van der Waals surface area contributed by atoms with Gasteiger partial charge < -0.3 is 29.8 Å². The number of hydrogen-bond acceptors (Lipinski definition) is 6. The zero-order valence-corrected chi connectivity index (χ0v) is 17.8. The number of nitrogen functional groups attached to an aromatic ring is 1. The molecule has 0 unspecified atom stereocenters. The molecular weight excluding hydrogens is 422 g/mol. The Kier molecular flexibility index (Phi) is 7.10. The Morgan fingerprint density at radius 1 is 0.903 bits per heavy atom. The molecule has 0 saturated carbocycles. The molecule has 0 heterocycles. The maximum absolute atomic E-state index is 11.6. The molecule has 3 aromatic carbocycles. The highest BCUT2D eigenvalue weighted by Gasteiger charge is 2.23. The molecule has 0 bridgehead atoms. The summed E-state index contributed by atoms with van der Waals surface area (Å²) >= 11 is 6.35. The lowest BCUT2D eigenvalue weighted by atomic mass is 10.1. The molecule has 3 aromatic rings. The standard InChI is InChI=1S/C23H22ClNO6/c1-28-16-7-3-14(4-8-16)12-30-19-11-18(25)20(23(26)27)21(24)22(19)31-13-15-5-9-17(29-2)10-6-15/h3-11H,12-13,25H2,1-2H3,(H,26,27). The van der Waals surface area contributed by atoms with E-state index in [1.165, 1.54) is 6.07 Å². The molecule has 0 aliphatic carbocycles. The summed E-state index contributed by atoms with van der Waals surface area (Å²) in [6, 6.07) is 16.0. The van der Waals surface area contributed by atoms with Crippen LogP contribution in [0.25, 0.3) is 0 Å². The molecule has 0 fully saturated rings. The lowest BCUT2D eigenvalue weighted by Crippen LogP contribution is -2.08. The fourth-order valence-corrected chi connectivity index (χ4v) is 3.18. The first kappa shape index (κ1) is 22.1. The first-order valence-electron chi connectivity index (χ1n) is 9.29. The number of carboxylic acid groups (broad SMARTS) is 1. The lowest BCUT2D eigenvalue weighted by molar-refractivity contribution is 0.0697. The summed E-state index contributed by atoms with van der Waals surface area (Å²) in [4.78, 5) is 11.6. The third-order valence-electron chi connectivity index (χ3n) is 4.53. The second kappa shape index (κ2) is 9.95. The van der Waals surface area contributed by atoms with Crippen molar-refractivity contribution < 1.29 is 28.8 Å². The molecule has 0 aliphatic rings. The molecule has 0 saturated heterocycles. The molecule has 7 nitrogen and oxygen atoms in total. The van der Waals surface area contributed by atoms with E-state index in [1.807, 2.05) is 36.4 Å². The molecule has 0 spiro atoms. The van der Waals surface area contributed by atoms with Gasteiger partial charge in [0.1, 0.15) is 35.3 Å². The molecule has 0 radical (unpaired) electrons. The molecule has 0 amide bonds. The second-order valence-electron chi connectivity index (χ2n) is 6.56. The largest absolute Gasteiger partial charge is 0.497 e. The molecule has 0 aromatic heterocycles. The summed E-state index contributed by atoms with van der Waals surface area (Å²) < 4.78 is 22.0. The topological polar surface area (TPSA) is 100 Å².